The molecule has 46 heavy (non-hydrogen) atoms. The van der Waals surface area contributed by atoms with E-state index in [1.54, 1.807) is 4.90 Å². The summed E-state index contributed by atoms with van der Waals surface area (Å²) in [5.41, 5.74) is 4.35. The van der Waals surface area contributed by atoms with Crippen LogP contribution in [0.25, 0.3) is 15.6 Å². The lowest BCUT2D eigenvalue weighted by atomic mass is 9.81. The number of hydrogen-bond acceptors (Lipinski definition) is 7. The van der Waals surface area contributed by atoms with Crippen molar-refractivity contribution in [2.45, 2.75) is 44.7 Å². The maximum absolute atomic E-state index is 13.3. The van der Waals surface area contributed by atoms with Crippen LogP contribution in [0, 0.1) is 19.4 Å². The summed E-state index contributed by atoms with van der Waals surface area (Å²) < 4.78 is 32.8. The molecular formula is C35H41F2N7O2. The highest BCUT2D eigenvalue weighted by Crippen LogP contribution is 2.42. The monoisotopic (exact) mass is 629 g/mol. The number of hydrogen-bond donors (Lipinski definition) is 0. The van der Waals surface area contributed by atoms with Gasteiger partial charge in [-0.15, -0.1) is 0 Å². The van der Waals surface area contributed by atoms with Gasteiger partial charge in [0.05, 0.1) is 12.2 Å². The van der Waals surface area contributed by atoms with E-state index in [-0.39, 0.29) is 43.3 Å². The van der Waals surface area contributed by atoms with Crippen molar-refractivity contribution in [3.8, 4) is 6.01 Å². The third-order valence-corrected chi connectivity index (χ3v) is 9.45. The zero-order valence-electron chi connectivity index (χ0n) is 26.6. The van der Waals surface area contributed by atoms with Gasteiger partial charge in [0.2, 0.25) is 18.4 Å². The second-order valence-corrected chi connectivity index (χ2v) is 12.8. The lowest BCUT2D eigenvalue weighted by molar-refractivity contribution is -0.128. The molecule has 1 amide bonds. The summed E-state index contributed by atoms with van der Waals surface area (Å²) in [5, 5.41) is 2.43. The number of piperazine rings is 1. The summed E-state index contributed by atoms with van der Waals surface area (Å²) >= 11 is 0. The fourth-order valence-corrected chi connectivity index (χ4v) is 7.14. The van der Waals surface area contributed by atoms with E-state index in [2.05, 4.69) is 64.5 Å². The molecule has 11 heteroatoms. The fraction of sp³-hybridized carbons (Fsp3) is 0.486. The summed E-state index contributed by atoms with van der Waals surface area (Å²) in [4.78, 5) is 34.3. The first kappa shape index (κ1) is 31.7. The van der Waals surface area contributed by atoms with E-state index in [1.807, 2.05) is 11.9 Å². The van der Waals surface area contributed by atoms with Gasteiger partial charge in [-0.25, -0.2) is 15.4 Å². The van der Waals surface area contributed by atoms with E-state index >= 15 is 0 Å². The Labute approximate surface area is 269 Å². The van der Waals surface area contributed by atoms with Crippen molar-refractivity contribution in [3.63, 3.8) is 0 Å². The van der Waals surface area contributed by atoms with Gasteiger partial charge in [-0.3, -0.25) is 4.79 Å². The normalized spacial score (nSPS) is 19.5. The number of halogens is 2. The Kier molecular flexibility index (Phi) is 9.09. The van der Waals surface area contributed by atoms with Crippen molar-refractivity contribution in [1.82, 2.24) is 19.8 Å². The van der Waals surface area contributed by atoms with Crippen LogP contribution in [0.2, 0.25) is 0 Å². The number of ether oxygens (including phenoxy) is 1. The Morgan fingerprint density at radius 1 is 1.17 bits per heavy atom. The third kappa shape index (κ3) is 6.63. The number of aryl methyl sites for hydroxylation is 1. The Hall–Kier alpha value is -4.30. The van der Waals surface area contributed by atoms with E-state index < -0.39 is 5.92 Å². The molecule has 2 fully saturated rings. The van der Waals surface area contributed by atoms with E-state index in [4.69, 9.17) is 21.3 Å². The number of carbonyl (C=O) groups excluding carboxylic acids is 1. The van der Waals surface area contributed by atoms with Gasteiger partial charge in [-0.2, -0.15) is 9.97 Å². The van der Waals surface area contributed by atoms with Gasteiger partial charge in [0.15, 0.2) is 0 Å². The van der Waals surface area contributed by atoms with Crippen LogP contribution in [0.15, 0.2) is 49.1 Å². The van der Waals surface area contributed by atoms with Gasteiger partial charge in [0.25, 0.3) is 0 Å². The van der Waals surface area contributed by atoms with Crippen molar-refractivity contribution in [1.29, 1.82) is 0 Å². The molecule has 0 N–H and O–H groups in total. The summed E-state index contributed by atoms with van der Waals surface area (Å²) in [6.45, 7) is 17.9. The number of alkyl halides is 2. The van der Waals surface area contributed by atoms with Crippen LogP contribution in [0.1, 0.15) is 29.7 Å². The van der Waals surface area contributed by atoms with Gasteiger partial charge >= 0.3 is 6.01 Å². The predicted octanol–water partition coefficient (Wildman–Crippen LogP) is 4.98. The number of carbonyl (C=O) groups is 1. The molecule has 9 nitrogen and oxygen atoms in total. The fourth-order valence-electron chi connectivity index (χ4n) is 7.14. The Morgan fingerprint density at radius 2 is 1.96 bits per heavy atom. The van der Waals surface area contributed by atoms with Crippen molar-refractivity contribution in [2.75, 3.05) is 69.3 Å². The number of rotatable bonds is 10. The van der Waals surface area contributed by atoms with Gasteiger partial charge in [-0.05, 0) is 49.4 Å². The van der Waals surface area contributed by atoms with Crippen LogP contribution in [0.3, 0.4) is 0 Å². The molecule has 1 saturated heterocycles. The maximum atomic E-state index is 13.3. The largest absolute Gasteiger partial charge is 0.462 e. The summed E-state index contributed by atoms with van der Waals surface area (Å²) in [7, 11) is 1.92. The molecular weight excluding hydrogens is 588 g/mol. The molecule has 1 aliphatic carbocycles. The number of aromatic nitrogens is 2. The summed E-state index contributed by atoms with van der Waals surface area (Å²) in [5.74, 6) is -1.89. The molecule has 1 unspecified atom stereocenters. The van der Waals surface area contributed by atoms with E-state index in [0.29, 0.717) is 45.9 Å². The van der Waals surface area contributed by atoms with Crippen LogP contribution in [-0.2, 0) is 17.8 Å². The quantitative estimate of drug-likeness (QED) is 0.232. The van der Waals surface area contributed by atoms with Crippen LogP contribution >= 0.6 is 0 Å². The highest BCUT2D eigenvalue weighted by atomic mass is 19.3. The number of benzene rings is 2. The smallest absolute Gasteiger partial charge is 0.318 e. The molecule has 3 aromatic rings. The zero-order valence-corrected chi connectivity index (χ0v) is 26.6. The molecule has 2 aromatic carbocycles. The minimum atomic E-state index is -2.52. The van der Waals surface area contributed by atoms with Crippen molar-refractivity contribution in [2.24, 2.45) is 5.92 Å². The first-order chi connectivity index (χ1) is 22.2. The summed E-state index contributed by atoms with van der Waals surface area (Å²) in [6.07, 6.45) is 1.94. The second-order valence-electron chi connectivity index (χ2n) is 12.8. The average Bonchev–Trinajstić information content (AvgIpc) is 3.03. The van der Waals surface area contributed by atoms with Crippen LogP contribution in [0.5, 0.6) is 6.01 Å². The highest BCUT2D eigenvalue weighted by Gasteiger charge is 2.45. The molecule has 0 bridgehead atoms. The van der Waals surface area contributed by atoms with Crippen LogP contribution in [0.4, 0.5) is 20.3 Å². The van der Waals surface area contributed by atoms with Crippen LogP contribution in [-0.4, -0.2) is 97.1 Å². The first-order valence-electron chi connectivity index (χ1n) is 16.0. The number of likely N-dealkylation sites (N-methyl/N-ethyl adjacent to an activating group) is 1. The van der Waals surface area contributed by atoms with Crippen LogP contribution < -0.4 is 14.5 Å². The van der Waals surface area contributed by atoms with Gasteiger partial charge in [0.1, 0.15) is 18.5 Å². The number of fused-ring (bicyclic) bond motifs is 2. The number of anilines is 2. The van der Waals surface area contributed by atoms with E-state index in [0.717, 1.165) is 30.0 Å². The molecule has 6 rings (SSSR count). The molecule has 2 aliphatic heterocycles. The molecule has 0 spiro atoms. The molecule has 1 aromatic heterocycles. The van der Waals surface area contributed by atoms with E-state index in [1.165, 1.54) is 28.1 Å². The summed E-state index contributed by atoms with van der Waals surface area (Å²) in [6, 6.07) is 12.8. The van der Waals surface area contributed by atoms with Crippen molar-refractivity contribution >= 4 is 28.2 Å². The first-order valence-corrected chi connectivity index (χ1v) is 16.0. The van der Waals surface area contributed by atoms with Gasteiger partial charge < -0.3 is 29.2 Å². The molecule has 3 aliphatic rings. The predicted molar refractivity (Wildman–Crippen MR) is 176 cm³/mol. The highest BCUT2D eigenvalue weighted by molar-refractivity contribution is 5.97. The van der Waals surface area contributed by atoms with E-state index in [9.17, 15) is 13.6 Å². The lowest BCUT2D eigenvalue weighted by Crippen LogP contribution is -2.56. The van der Waals surface area contributed by atoms with Gasteiger partial charge in [-0.1, -0.05) is 36.9 Å². The Balaban J connectivity index is 1.26. The Morgan fingerprint density at radius 3 is 2.70 bits per heavy atom. The van der Waals surface area contributed by atoms with Gasteiger partial charge in [0, 0.05) is 68.7 Å². The lowest BCUT2D eigenvalue weighted by Gasteiger charge is -2.41. The van der Waals surface area contributed by atoms with Crippen molar-refractivity contribution in [3.05, 3.63) is 77.3 Å². The maximum Gasteiger partial charge on any atom is 0.318 e. The zero-order chi connectivity index (χ0) is 32.4. The average molecular weight is 630 g/mol. The number of amides is 1. The molecule has 242 valence electrons. The molecule has 1 saturated carbocycles. The standard InChI is InChI=1S/C35H41F2N7O2/c1-5-31(45)44-15-14-43(22-27(44)20-38-3)33-28-12-13-42(30-11-7-10-26-9-6-8-24(2)32(26)30)23-29(28)39-34(40-33)46-17-16-41(4)21-25-18-35(36,37)19-25/h5-11,25,27H,1,12-23H2,2,4H3. The topological polar surface area (TPSA) is 69.4 Å². The Bertz CT molecular complexity index is 1640. The minimum Gasteiger partial charge on any atom is -0.462 e. The molecule has 3 heterocycles. The minimum absolute atomic E-state index is 0.00493. The molecule has 0 radical (unpaired) electrons. The molecule has 1 atom stereocenters. The third-order valence-electron chi connectivity index (χ3n) is 9.45. The van der Waals surface area contributed by atoms with Crippen molar-refractivity contribution < 1.29 is 18.3 Å². The SMILES string of the molecule is [C-]#[N+]CC1CN(c2nc(OCCN(C)CC3CC(F)(F)C3)nc3c2CCN(c2cccc4cccc(C)c24)C3)CCN1C(=O)C=C. The number of nitrogens with zero attached hydrogens (tertiary/aromatic N) is 7. The second kappa shape index (κ2) is 13.2.